The molecular formula is C25H20N2O2. The van der Waals surface area contributed by atoms with Gasteiger partial charge < -0.3 is 14.5 Å². The number of fused-ring (bicyclic) bond motifs is 3. The van der Waals surface area contributed by atoms with Gasteiger partial charge in [0.1, 0.15) is 17.1 Å². The normalized spacial score (nSPS) is 11.1. The summed E-state index contributed by atoms with van der Waals surface area (Å²) in [5, 5.41) is 2.29. The smallest absolute Gasteiger partial charge is 0.139 e. The number of benzene rings is 3. The van der Waals surface area contributed by atoms with E-state index in [1.165, 1.54) is 10.9 Å². The Morgan fingerprint density at radius 2 is 1.24 bits per heavy atom. The Hall–Kier alpha value is -3.79. The quantitative estimate of drug-likeness (QED) is 0.412. The van der Waals surface area contributed by atoms with Crippen molar-refractivity contribution >= 4 is 21.9 Å². The molecule has 1 N–H and O–H groups in total. The van der Waals surface area contributed by atoms with Gasteiger partial charge in [0.2, 0.25) is 0 Å². The Labute approximate surface area is 168 Å². The first-order valence-corrected chi connectivity index (χ1v) is 9.46. The van der Waals surface area contributed by atoms with E-state index >= 15 is 0 Å². The van der Waals surface area contributed by atoms with Crippen molar-refractivity contribution in [2.45, 2.75) is 0 Å². The highest BCUT2D eigenvalue weighted by molar-refractivity contribution is 6.07. The molecule has 0 radical (unpaired) electrons. The fraction of sp³-hybridized carbons (Fsp3) is 0.0800. The zero-order chi connectivity index (χ0) is 19.8. The largest absolute Gasteiger partial charge is 0.497 e. The molecule has 0 aliphatic heterocycles. The molecule has 142 valence electrons. The van der Waals surface area contributed by atoms with Crippen molar-refractivity contribution in [1.82, 2.24) is 9.97 Å². The Morgan fingerprint density at radius 1 is 0.621 bits per heavy atom. The van der Waals surface area contributed by atoms with Crippen molar-refractivity contribution in [2.24, 2.45) is 0 Å². The highest BCUT2D eigenvalue weighted by Gasteiger charge is 2.09. The summed E-state index contributed by atoms with van der Waals surface area (Å²) >= 11 is 0. The average molecular weight is 380 g/mol. The fourth-order valence-corrected chi connectivity index (χ4v) is 3.66. The van der Waals surface area contributed by atoms with Crippen LogP contribution in [0.25, 0.3) is 44.3 Å². The van der Waals surface area contributed by atoms with E-state index in [4.69, 9.17) is 14.5 Å². The molecule has 0 atom stereocenters. The lowest BCUT2D eigenvalue weighted by Gasteiger charge is -2.04. The molecule has 29 heavy (non-hydrogen) atoms. The molecule has 2 heterocycles. The predicted molar refractivity (Wildman–Crippen MR) is 118 cm³/mol. The Balaban J connectivity index is 1.57. The predicted octanol–water partition coefficient (Wildman–Crippen LogP) is 6.07. The summed E-state index contributed by atoms with van der Waals surface area (Å²) in [6.07, 6.45) is 0. The molecule has 2 aromatic heterocycles. The Kier molecular flexibility index (Phi) is 4.17. The summed E-state index contributed by atoms with van der Waals surface area (Å²) in [5.74, 6) is 1.70. The van der Waals surface area contributed by atoms with Crippen LogP contribution in [0.3, 0.4) is 0 Å². The molecule has 0 unspecified atom stereocenters. The molecule has 0 aliphatic rings. The molecular weight excluding hydrogens is 360 g/mol. The maximum absolute atomic E-state index is 5.26. The van der Waals surface area contributed by atoms with Gasteiger partial charge in [-0.2, -0.15) is 0 Å². The minimum atomic E-state index is 0.839. The van der Waals surface area contributed by atoms with Crippen molar-refractivity contribution < 1.29 is 9.47 Å². The summed E-state index contributed by atoms with van der Waals surface area (Å²) < 4.78 is 10.5. The number of ether oxygens (including phenoxy) is 2. The van der Waals surface area contributed by atoms with Gasteiger partial charge in [-0.1, -0.05) is 18.2 Å². The third-order valence-corrected chi connectivity index (χ3v) is 5.27. The second kappa shape index (κ2) is 6.99. The molecule has 0 saturated carbocycles. The number of nitrogens with one attached hydrogen (secondary N) is 1. The van der Waals surface area contributed by atoms with E-state index in [1.807, 2.05) is 36.4 Å². The third kappa shape index (κ3) is 3.09. The van der Waals surface area contributed by atoms with Crippen LogP contribution < -0.4 is 9.47 Å². The van der Waals surface area contributed by atoms with Crippen molar-refractivity contribution in [2.75, 3.05) is 14.2 Å². The molecule has 0 aliphatic carbocycles. The lowest BCUT2D eigenvalue weighted by atomic mass is 10.0. The zero-order valence-electron chi connectivity index (χ0n) is 16.3. The number of H-pyrrole nitrogens is 1. The van der Waals surface area contributed by atoms with Gasteiger partial charge in [0.25, 0.3) is 0 Å². The summed E-state index contributed by atoms with van der Waals surface area (Å²) in [7, 11) is 3.35. The molecule has 0 spiro atoms. The first kappa shape index (κ1) is 17.3. The van der Waals surface area contributed by atoms with Crippen LogP contribution in [-0.2, 0) is 0 Å². The molecule has 5 aromatic rings. The minimum Gasteiger partial charge on any atom is -0.497 e. The molecule has 0 bridgehead atoms. The summed E-state index contributed by atoms with van der Waals surface area (Å²) in [6.45, 7) is 0. The SMILES string of the molecule is COc1ccc(-c2ccc3[nH]c4nc(-c5ccc(OC)cc5)ccc4c3c2)cc1. The van der Waals surface area contributed by atoms with Crippen LogP contribution in [0.5, 0.6) is 11.5 Å². The second-order valence-corrected chi connectivity index (χ2v) is 6.94. The van der Waals surface area contributed by atoms with Crippen LogP contribution in [0.4, 0.5) is 0 Å². The Bertz CT molecular complexity index is 1300. The van der Waals surface area contributed by atoms with E-state index in [2.05, 4.69) is 47.4 Å². The zero-order valence-corrected chi connectivity index (χ0v) is 16.3. The standard InChI is InChI=1S/C25H20N2O2/c1-28-19-8-3-16(4-9-19)18-7-13-24-22(15-18)21-12-14-23(26-25(21)27-24)17-5-10-20(29-2)11-6-17/h3-15H,1-2H3,(H,26,27). The van der Waals surface area contributed by atoms with E-state index in [-0.39, 0.29) is 0 Å². The third-order valence-electron chi connectivity index (χ3n) is 5.27. The van der Waals surface area contributed by atoms with Crippen LogP contribution in [0, 0.1) is 0 Å². The van der Waals surface area contributed by atoms with Crippen LogP contribution in [0.1, 0.15) is 0 Å². The monoisotopic (exact) mass is 380 g/mol. The number of aromatic amines is 1. The number of aromatic nitrogens is 2. The molecule has 3 aromatic carbocycles. The van der Waals surface area contributed by atoms with Gasteiger partial charge in [-0.15, -0.1) is 0 Å². The molecule has 4 heteroatoms. The van der Waals surface area contributed by atoms with Crippen LogP contribution >= 0.6 is 0 Å². The lowest BCUT2D eigenvalue weighted by molar-refractivity contribution is 0.415. The minimum absolute atomic E-state index is 0.839. The lowest BCUT2D eigenvalue weighted by Crippen LogP contribution is -1.86. The van der Waals surface area contributed by atoms with E-state index in [9.17, 15) is 0 Å². The van der Waals surface area contributed by atoms with E-state index in [0.29, 0.717) is 0 Å². The number of pyridine rings is 1. The maximum Gasteiger partial charge on any atom is 0.139 e. The van der Waals surface area contributed by atoms with Crippen LogP contribution in [0.15, 0.2) is 78.9 Å². The Morgan fingerprint density at radius 3 is 1.90 bits per heavy atom. The van der Waals surface area contributed by atoms with E-state index in [0.717, 1.165) is 44.9 Å². The van der Waals surface area contributed by atoms with Gasteiger partial charge in [0, 0.05) is 21.9 Å². The summed E-state index contributed by atoms with van der Waals surface area (Å²) in [6, 6.07) is 26.7. The average Bonchev–Trinajstić information content (AvgIpc) is 3.16. The highest BCUT2D eigenvalue weighted by Crippen LogP contribution is 2.31. The number of rotatable bonds is 4. The van der Waals surface area contributed by atoms with Crippen LogP contribution in [0.2, 0.25) is 0 Å². The molecule has 4 nitrogen and oxygen atoms in total. The molecule has 0 saturated heterocycles. The van der Waals surface area contributed by atoms with Gasteiger partial charge in [-0.05, 0) is 71.8 Å². The summed E-state index contributed by atoms with van der Waals surface area (Å²) in [4.78, 5) is 8.30. The van der Waals surface area contributed by atoms with E-state index < -0.39 is 0 Å². The number of hydrogen-bond acceptors (Lipinski definition) is 3. The molecule has 0 fully saturated rings. The van der Waals surface area contributed by atoms with Gasteiger partial charge in [0.05, 0.1) is 19.9 Å². The van der Waals surface area contributed by atoms with Crippen molar-refractivity contribution in [3.8, 4) is 33.9 Å². The molecule has 0 amide bonds. The fourth-order valence-electron chi connectivity index (χ4n) is 3.66. The molecule has 5 rings (SSSR count). The highest BCUT2D eigenvalue weighted by atomic mass is 16.5. The first-order chi connectivity index (χ1) is 14.2. The van der Waals surface area contributed by atoms with Gasteiger partial charge in [0.15, 0.2) is 0 Å². The van der Waals surface area contributed by atoms with Crippen LogP contribution in [-0.4, -0.2) is 24.2 Å². The van der Waals surface area contributed by atoms with E-state index in [1.54, 1.807) is 14.2 Å². The number of methoxy groups -OCH3 is 2. The van der Waals surface area contributed by atoms with Gasteiger partial charge in [-0.25, -0.2) is 4.98 Å². The van der Waals surface area contributed by atoms with Gasteiger partial charge >= 0.3 is 0 Å². The topological polar surface area (TPSA) is 47.1 Å². The van der Waals surface area contributed by atoms with Crippen molar-refractivity contribution in [3.63, 3.8) is 0 Å². The number of hydrogen-bond donors (Lipinski definition) is 1. The summed E-state index contributed by atoms with van der Waals surface area (Å²) in [5.41, 5.74) is 6.29. The van der Waals surface area contributed by atoms with Gasteiger partial charge in [-0.3, -0.25) is 0 Å². The van der Waals surface area contributed by atoms with Crippen molar-refractivity contribution in [3.05, 3.63) is 78.9 Å². The maximum atomic E-state index is 5.26. The second-order valence-electron chi connectivity index (χ2n) is 6.94. The van der Waals surface area contributed by atoms with Crippen molar-refractivity contribution in [1.29, 1.82) is 0 Å². The first-order valence-electron chi connectivity index (χ1n) is 9.46. The number of nitrogens with zero attached hydrogens (tertiary/aromatic N) is 1.